The zero-order valence-corrected chi connectivity index (χ0v) is 42.4. The zero-order chi connectivity index (χ0) is 48.5. The summed E-state index contributed by atoms with van der Waals surface area (Å²) in [7, 11) is 0. The minimum absolute atomic E-state index is 0.176. The normalized spacial score (nSPS) is 18.9. The lowest BCUT2D eigenvalue weighted by Crippen LogP contribution is -2.27. The summed E-state index contributed by atoms with van der Waals surface area (Å²) in [5.74, 6) is 0. The maximum absolute atomic E-state index is 3.51. The monoisotopic (exact) mass is 912 g/mol. The van der Waals surface area contributed by atoms with Crippen LogP contribution in [0.5, 0.6) is 0 Å². The van der Waals surface area contributed by atoms with Gasteiger partial charge in [0.05, 0.1) is 6.04 Å². The van der Waals surface area contributed by atoms with Crippen LogP contribution in [0.25, 0.3) is 44.1 Å². The van der Waals surface area contributed by atoms with Crippen molar-refractivity contribution in [2.24, 2.45) is 0 Å². The van der Waals surface area contributed by atoms with Crippen molar-refractivity contribution < 1.29 is 0 Å². The number of hydrogen-bond donors (Lipinski definition) is 0. The average molecular weight is 912 g/mol. The highest BCUT2D eigenvalue weighted by Crippen LogP contribution is 2.55. The van der Waals surface area contributed by atoms with Crippen molar-refractivity contribution in [1.29, 1.82) is 0 Å². The molecule has 1 heteroatoms. The summed E-state index contributed by atoms with van der Waals surface area (Å²) in [6.07, 6.45) is 43.9. The van der Waals surface area contributed by atoms with Gasteiger partial charge in [0.2, 0.25) is 0 Å². The van der Waals surface area contributed by atoms with E-state index in [-0.39, 0.29) is 5.41 Å². The van der Waals surface area contributed by atoms with Gasteiger partial charge in [-0.15, -0.1) is 0 Å². The Kier molecular flexibility index (Phi) is 15.1. The van der Waals surface area contributed by atoms with Crippen molar-refractivity contribution >= 4 is 33.0 Å². The van der Waals surface area contributed by atoms with E-state index >= 15 is 0 Å². The van der Waals surface area contributed by atoms with Gasteiger partial charge >= 0.3 is 0 Å². The molecule has 1 aromatic heterocycles. The van der Waals surface area contributed by atoms with Crippen molar-refractivity contribution in [3.05, 3.63) is 262 Å². The summed E-state index contributed by atoms with van der Waals surface area (Å²) >= 11 is 0. The SMILES string of the molecule is CC/C=C\C=C/CC1(/C(C)=C/C=C(\C)CCc2ccc(-c3cccc(C4=C(C)C=CCC=C4)c3C)cc2)C2=C(CCC=C2)c2c#cccc21.CCC1=CC(n2c3ccccc3c3ccccc32)CC=C1. The van der Waals surface area contributed by atoms with Crippen LogP contribution in [0.4, 0.5) is 0 Å². The minimum Gasteiger partial charge on any atom is -0.333 e. The second kappa shape index (κ2) is 22.1. The summed E-state index contributed by atoms with van der Waals surface area (Å²) in [6, 6.07) is 45.0. The molecular weight excluding hydrogens is 843 g/mol. The highest BCUT2D eigenvalue weighted by atomic mass is 15.0. The molecule has 0 bridgehead atoms. The fraction of sp³-hybridized carbons (Fsp3) is 0.246. The van der Waals surface area contributed by atoms with Gasteiger partial charge in [0.25, 0.3) is 0 Å². The van der Waals surface area contributed by atoms with Crippen molar-refractivity contribution in [1.82, 2.24) is 4.57 Å². The standard InChI is InChI=1S/C49H50.C20H19N/c1-6-7-8-9-17-35-49(47-25-15-13-21-45(47)46-22-14-16-26-48(46)49)38(4)29-27-36(2)28-30-40-31-33-41(34-32-40)43-23-18-24-44(39(43)5)42-20-12-10-11-19-37(42)3;1-2-15-8-7-9-16(14-15)21-19-12-5-3-10-17(19)18-11-4-6-13-20(18)21/h7-9,11-12,15-20,23-27,29,31-34H,6,10,13,21,28,30,35H2,1-5H3;3-8,10-14,16H,2,9H2,1H3/b8-7-,17-9-,36-27+,38-29+;. The Labute approximate surface area is 419 Å². The van der Waals surface area contributed by atoms with Crippen LogP contribution >= 0.6 is 0 Å². The summed E-state index contributed by atoms with van der Waals surface area (Å²) in [6.45, 7) is 13.5. The number of aryl methyl sites for hydroxylation is 1. The molecule has 2 atom stereocenters. The number of rotatable bonds is 13. The van der Waals surface area contributed by atoms with Crippen LogP contribution < -0.4 is 0 Å². The zero-order valence-electron chi connectivity index (χ0n) is 42.4. The molecule has 0 fully saturated rings. The number of fused-ring (bicyclic) bond motifs is 5. The Morgan fingerprint density at radius 3 is 2.26 bits per heavy atom. The second-order valence-electron chi connectivity index (χ2n) is 19.5. The highest BCUT2D eigenvalue weighted by Gasteiger charge is 2.44. The fourth-order valence-corrected chi connectivity index (χ4v) is 11.2. The van der Waals surface area contributed by atoms with E-state index in [1.807, 2.05) is 6.07 Å². The molecular formula is C69H69N. The van der Waals surface area contributed by atoms with E-state index < -0.39 is 0 Å². The molecule has 0 spiro atoms. The van der Waals surface area contributed by atoms with Crippen LogP contribution in [-0.2, 0) is 11.8 Å². The van der Waals surface area contributed by atoms with Crippen LogP contribution in [0.3, 0.4) is 0 Å². The van der Waals surface area contributed by atoms with Crippen molar-refractivity contribution in [3.63, 3.8) is 0 Å². The Morgan fingerprint density at radius 1 is 0.743 bits per heavy atom. The predicted molar refractivity (Wildman–Crippen MR) is 303 cm³/mol. The van der Waals surface area contributed by atoms with Gasteiger partial charge in [0.1, 0.15) is 0 Å². The minimum atomic E-state index is -0.176. The fourth-order valence-electron chi connectivity index (χ4n) is 11.2. The number of aromatic nitrogens is 1. The summed E-state index contributed by atoms with van der Waals surface area (Å²) in [5, 5.41) is 2.71. The van der Waals surface area contributed by atoms with E-state index in [9.17, 15) is 0 Å². The van der Waals surface area contributed by atoms with Gasteiger partial charge in [-0.05, 0) is 165 Å². The van der Waals surface area contributed by atoms with E-state index in [0.717, 1.165) is 57.8 Å². The molecule has 4 aliphatic rings. The van der Waals surface area contributed by atoms with E-state index in [1.54, 1.807) is 0 Å². The first-order valence-electron chi connectivity index (χ1n) is 25.9. The van der Waals surface area contributed by atoms with E-state index in [4.69, 9.17) is 0 Å². The number of hydrogen-bond acceptors (Lipinski definition) is 0. The lowest BCUT2D eigenvalue weighted by atomic mass is 9.68. The molecule has 0 amide bonds. The number of para-hydroxylation sites is 2. The largest absolute Gasteiger partial charge is 0.333 e. The Bertz CT molecular complexity index is 3170. The van der Waals surface area contributed by atoms with Gasteiger partial charge in [-0.3, -0.25) is 0 Å². The third-order valence-corrected chi connectivity index (χ3v) is 15.0. The third kappa shape index (κ3) is 9.84. The van der Waals surface area contributed by atoms with Crippen LogP contribution in [0.15, 0.2) is 222 Å². The molecule has 0 saturated heterocycles. The van der Waals surface area contributed by atoms with Crippen LogP contribution in [0.1, 0.15) is 120 Å². The molecule has 4 aliphatic carbocycles. The van der Waals surface area contributed by atoms with Crippen LogP contribution in [0.2, 0.25) is 0 Å². The van der Waals surface area contributed by atoms with Crippen molar-refractivity contribution in [2.75, 3.05) is 0 Å². The first kappa shape index (κ1) is 47.9. The average Bonchev–Trinajstić information content (AvgIpc) is 3.79. The van der Waals surface area contributed by atoms with Gasteiger partial charge in [-0.1, -0.05) is 213 Å². The molecule has 0 saturated carbocycles. The summed E-state index contributed by atoms with van der Waals surface area (Å²) in [5.41, 5.74) is 21.5. The maximum atomic E-state index is 3.51. The molecule has 10 rings (SSSR count). The first-order valence-corrected chi connectivity index (χ1v) is 25.9. The predicted octanol–water partition coefficient (Wildman–Crippen LogP) is 19.0. The third-order valence-electron chi connectivity index (χ3n) is 15.0. The Morgan fingerprint density at radius 2 is 1.49 bits per heavy atom. The van der Waals surface area contributed by atoms with Gasteiger partial charge < -0.3 is 4.57 Å². The first-order chi connectivity index (χ1) is 34.3. The van der Waals surface area contributed by atoms with E-state index in [0.29, 0.717) is 6.04 Å². The van der Waals surface area contributed by atoms with Gasteiger partial charge in [0.15, 0.2) is 0 Å². The molecule has 350 valence electrons. The number of nitrogens with zero attached hydrogens (tertiary/aromatic N) is 1. The molecule has 6 aromatic rings. The molecule has 1 heterocycles. The molecule has 70 heavy (non-hydrogen) atoms. The van der Waals surface area contributed by atoms with Crippen molar-refractivity contribution in [3.8, 4) is 11.1 Å². The lowest BCUT2D eigenvalue weighted by molar-refractivity contribution is 0.621. The van der Waals surface area contributed by atoms with Crippen molar-refractivity contribution in [2.45, 2.75) is 111 Å². The van der Waals surface area contributed by atoms with Crippen LogP contribution in [0, 0.1) is 19.1 Å². The molecule has 0 N–H and O–H groups in total. The van der Waals surface area contributed by atoms with Gasteiger partial charge in [-0.25, -0.2) is 0 Å². The maximum Gasteiger partial charge on any atom is 0.0562 e. The molecule has 1 nitrogen and oxygen atoms in total. The smallest absolute Gasteiger partial charge is 0.0562 e. The molecule has 0 aliphatic heterocycles. The number of benzene rings is 4. The quantitative estimate of drug-likeness (QED) is 0.102. The molecule has 5 aromatic carbocycles. The Balaban J connectivity index is 0.000000239. The van der Waals surface area contributed by atoms with E-state index in [2.05, 4.69) is 246 Å². The highest BCUT2D eigenvalue weighted by molar-refractivity contribution is 6.08. The van der Waals surface area contributed by atoms with Gasteiger partial charge in [-0.2, -0.15) is 0 Å². The summed E-state index contributed by atoms with van der Waals surface area (Å²) in [4.78, 5) is 0. The van der Waals surface area contributed by atoms with E-state index in [1.165, 1.54) is 99.8 Å². The second-order valence-corrected chi connectivity index (χ2v) is 19.5. The van der Waals surface area contributed by atoms with Crippen LogP contribution in [-0.4, -0.2) is 4.57 Å². The molecule has 0 radical (unpaired) electrons. The van der Waals surface area contributed by atoms with Gasteiger partial charge in [0, 0.05) is 32.8 Å². The molecule has 2 unspecified atom stereocenters. The Hall–Kier alpha value is -7.14. The topological polar surface area (TPSA) is 4.93 Å². The lowest BCUT2D eigenvalue weighted by Gasteiger charge is -2.34. The number of allylic oxidation sites excluding steroid dienone is 22. The summed E-state index contributed by atoms with van der Waals surface area (Å²) < 4.78 is 2.50.